The maximum Gasteiger partial charge on any atom is 0.223 e. The van der Waals surface area contributed by atoms with Gasteiger partial charge in [0.2, 0.25) is 5.91 Å². The number of nitrogens with zero attached hydrogens (tertiary/aromatic N) is 3. The molecule has 2 aromatic carbocycles. The van der Waals surface area contributed by atoms with Gasteiger partial charge in [-0.3, -0.25) is 4.79 Å². The summed E-state index contributed by atoms with van der Waals surface area (Å²) in [5, 5.41) is 0.810. The molecular weight excluding hydrogens is 425 g/mol. The smallest absolute Gasteiger partial charge is 0.223 e. The number of carbonyl (C=O) groups excluding carboxylic acids is 1. The molecule has 6 nitrogen and oxygen atoms in total. The van der Waals surface area contributed by atoms with Crippen LogP contribution >= 0.6 is 11.3 Å². The molecular formula is C21H22FN3O3S2. The van der Waals surface area contributed by atoms with E-state index in [1.807, 2.05) is 6.92 Å². The number of piperazine rings is 1. The maximum absolute atomic E-state index is 13.4. The first kappa shape index (κ1) is 20.7. The summed E-state index contributed by atoms with van der Waals surface area (Å²) in [4.78, 5) is 21.1. The van der Waals surface area contributed by atoms with Crippen LogP contribution in [0.2, 0.25) is 0 Å². The molecule has 4 rings (SSSR count). The van der Waals surface area contributed by atoms with Crippen molar-refractivity contribution < 1.29 is 17.6 Å². The summed E-state index contributed by atoms with van der Waals surface area (Å²) in [5.41, 5.74) is 1.75. The highest BCUT2D eigenvalue weighted by Crippen LogP contribution is 2.30. The zero-order chi connectivity index (χ0) is 21.3. The summed E-state index contributed by atoms with van der Waals surface area (Å²) in [6.45, 7) is 4.13. The first-order valence-corrected chi connectivity index (χ1v) is 12.2. The molecule has 0 bridgehead atoms. The molecule has 0 spiro atoms. The van der Waals surface area contributed by atoms with Crippen molar-refractivity contribution in [2.24, 2.45) is 0 Å². The zero-order valence-electron chi connectivity index (χ0n) is 16.5. The van der Waals surface area contributed by atoms with Crippen molar-refractivity contribution in [3.05, 3.63) is 53.8 Å². The lowest BCUT2D eigenvalue weighted by Crippen LogP contribution is -2.49. The molecule has 0 radical (unpaired) electrons. The molecule has 0 N–H and O–H groups in total. The first-order valence-electron chi connectivity index (χ1n) is 9.70. The monoisotopic (exact) mass is 447 g/mol. The Hall–Kier alpha value is -2.52. The van der Waals surface area contributed by atoms with Crippen molar-refractivity contribution in [3.63, 3.8) is 0 Å². The van der Waals surface area contributed by atoms with Gasteiger partial charge >= 0.3 is 0 Å². The van der Waals surface area contributed by atoms with E-state index in [0.717, 1.165) is 20.9 Å². The van der Waals surface area contributed by atoms with Crippen LogP contribution in [-0.4, -0.2) is 56.1 Å². The summed E-state index contributed by atoms with van der Waals surface area (Å²) in [5.74, 6) is -0.635. The molecule has 1 amide bonds. The van der Waals surface area contributed by atoms with Crippen LogP contribution in [0.3, 0.4) is 0 Å². The lowest BCUT2D eigenvalue weighted by Gasteiger charge is -2.34. The number of anilines is 1. The van der Waals surface area contributed by atoms with Gasteiger partial charge in [-0.15, -0.1) is 0 Å². The Bertz CT molecular complexity index is 1170. The molecule has 158 valence electrons. The van der Waals surface area contributed by atoms with E-state index in [-0.39, 0.29) is 28.8 Å². The second kappa shape index (κ2) is 8.31. The predicted octanol–water partition coefficient (Wildman–Crippen LogP) is 3.26. The van der Waals surface area contributed by atoms with Crippen LogP contribution in [0, 0.1) is 12.7 Å². The van der Waals surface area contributed by atoms with Crippen molar-refractivity contribution in [1.29, 1.82) is 0 Å². The Labute approximate surface area is 178 Å². The fourth-order valence-electron chi connectivity index (χ4n) is 3.41. The highest BCUT2D eigenvalue weighted by molar-refractivity contribution is 7.91. The van der Waals surface area contributed by atoms with Crippen LogP contribution in [0.15, 0.2) is 47.4 Å². The Morgan fingerprint density at radius 2 is 1.80 bits per heavy atom. The van der Waals surface area contributed by atoms with E-state index in [2.05, 4.69) is 9.88 Å². The Kier molecular flexibility index (Phi) is 5.75. The van der Waals surface area contributed by atoms with Crippen LogP contribution in [0.5, 0.6) is 0 Å². The SMILES string of the molecule is Cc1ccc(S(=O)(=O)CCC(=O)N2CCN(c3nc4ccc(F)cc4s3)CC2)cc1. The summed E-state index contributed by atoms with van der Waals surface area (Å²) in [6.07, 6.45) is -0.0311. The number of aryl methyl sites for hydroxylation is 1. The van der Waals surface area contributed by atoms with Crippen LogP contribution in [0.1, 0.15) is 12.0 Å². The third-order valence-corrected chi connectivity index (χ3v) is 8.02. The number of amides is 1. The minimum Gasteiger partial charge on any atom is -0.345 e. The molecule has 1 fully saturated rings. The number of rotatable bonds is 5. The van der Waals surface area contributed by atoms with Crippen LogP contribution in [0.25, 0.3) is 10.2 Å². The largest absolute Gasteiger partial charge is 0.345 e. The standard InChI is InChI=1S/C21H22FN3O3S2/c1-15-2-5-17(6-3-15)30(27,28)13-8-20(26)24-9-11-25(12-10-24)21-23-18-7-4-16(22)14-19(18)29-21/h2-7,14H,8-13H2,1H3. The van der Waals surface area contributed by atoms with E-state index < -0.39 is 9.84 Å². The molecule has 1 saturated heterocycles. The minimum atomic E-state index is -3.48. The lowest BCUT2D eigenvalue weighted by atomic mass is 10.2. The summed E-state index contributed by atoms with van der Waals surface area (Å²) >= 11 is 1.43. The third-order valence-electron chi connectivity index (χ3n) is 5.21. The minimum absolute atomic E-state index is 0.0311. The number of halogens is 1. The normalized spacial score (nSPS) is 15.0. The molecule has 1 aliphatic heterocycles. The van der Waals surface area contributed by atoms with Gasteiger partial charge in [-0.25, -0.2) is 17.8 Å². The van der Waals surface area contributed by atoms with E-state index in [9.17, 15) is 17.6 Å². The topological polar surface area (TPSA) is 70.6 Å². The quantitative estimate of drug-likeness (QED) is 0.601. The molecule has 2 heterocycles. The Morgan fingerprint density at radius 1 is 1.10 bits per heavy atom. The van der Waals surface area contributed by atoms with Gasteiger partial charge in [-0.05, 0) is 37.3 Å². The Morgan fingerprint density at radius 3 is 2.50 bits per heavy atom. The molecule has 3 aromatic rings. The lowest BCUT2D eigenvalue weighted by molar-refractivity contribution is -0.131. The number of aromatic nitrogens is 1. The van der Waals surface area contributed by atoms with Gasteiger partial charge in [0.1, 0.15) is 5.82 Å². The van der Waals surface area contributed by atoms with E-state index >= 15 is 0 Å². The van der Waals surface area contributed by atoms with Gasteiger partial charge in [-0.2, -0.15) is 0 Å². The number of fused-ring (bicyclic) bond motifs is 1. The van der Waals surface area contributed by atoms with Crippen LogP contribution in [0.4, 0.5) is 9.52 Å². The number of hydrogen-bond acceptors (Lipinski definition) is 6. The van der Waals surface area contributed by atoms with Crippen LogP contribution < -0.4 is 4.90 Å². The van der Waals surface area contributed by atoms with Gasteiger partial charge in [0.25, 0.3) is 0 Å². The van der Waals surface area contributed by atoms with E-state index in [1.54, 1.807) is 35.2 Å². The molecule has 1 aromatic heterocycles. The van der Waals surface area contributed by atoms with Crippen molar-refractivity contribution in [1.82, 2.24) is 9.88 Å². The molecule has 1 aliphatic rings. The summed E-state index contributed by atoms with van der Waals surface area (Å²) < 4.78 is 39.1. The Balaban J connectivity index is 1.33. The van der Waals surface area contributed by atoms with Gasteiger partial charge in [0.05, 0.1) is 20.9 Å². The van der Waals surface area contributed by atoms with E-state index in [1.165, 1.54) is 23.5 Å². The van der Waals surface area contributed by atoms with E-state index in [4.69, 9.17) is 0 Å². The molecule has 30 heavy (non-hydrogen) atoms. The molecule has 0 unspecified atom stereocenters. The number of carbonyl (C=O) groups is 1. The molecule has 0 saturated carbocycles. The zero-order valence-corrected chi connectivity index (χ0v) is 18.2. The fraction of sp³-hybridized carbons (Fsp3) is 0.333. The number of sulfone groups is 1. The first-order chi connectivity index (χ1) is 14.3. The maximum atomic E-state index is 13.4. The van der Waals surface area contributed by atoms with E-state index in [0.29, 0.717) is 26.2 Å². The second-order valence-corrected chi connectivity index (χ2v) is 10.5. The summed E-state index contributed by atoms with van der Waals surface area (Å²) in [6, 6.07) is 11.2. The highest BCUT2D eigenvalue weighted by Gasteiger charge is 2.25. The van der Waals surface area contributed by atoms with Crippen molar-refractivity contribution >= 4 is 42.4 Å². The highest BCUT2D eigenvalue weighted by atomic mass is 32.2. The molecule has 9 heteroatoms. The van der Waals surface area contributed by atoms with Crippen molar-refractivity contribution in [2.75, 3.05) is 36.8 Å². The number of hydrogen-bond donors (Lipinski definition) is 0. The van der Waals surface area contributed by atoms with Gasteiger partial charge in [-0.1, -0.05) is 29.0 Å². The second-order valence-electron chi connectivity index (χ2n) is 7.36. The number of benzene rings is 2. The number of thiazole rings is 1. The third kappa shape index (κ3) is 4.46. The molecule has 0 aliphatic carbocycles. The fourth-order valence-corrected chi connectivity index (χ4v) is 5.68. The van der Waals surface area contributed by atoms with Gasteiger partial charge in [0.15, 0.2) is 15.0 Å². The average Bonchev–Trinajstić information content (AvgIpc) is 3.16. The van der Waals surface area contributed by atoms with Gasteiger partial charge < -0.3 is 9.80 Å². The van der Waals surface area contributed by atoms with Crippen molar-refractivity contribution in [2.45, 2.75) is 18.2 Å². The van der Waals surface area contributed by atoms with Crippen molar-refractivity contribution in [3.8, 4) is 0 Å². The average molecular weight is 448 g/mol. The molecule has 0 atom stereocenters. The summed E-state index contributed by atoms with van der Waals surface area (Å²) in [7, 11) is -3.48. The van der Waals surface area contributed by atoms with Gasteiger partial charge in [0, 0.05) is 32.6 Å². The predicted molar refractivity (Wildman–Crippen MR) is 116 cm³/mol. The van der Waals surface area contributed by atoms with Crippen LogP contribution in [-0.2, 0) is 14.6 Å².